The van der Waals surface area contributed by atoms with E-state index < -0.39 is 13.2 Å². The second kappa shape index (κ2) is 6.23. The van der Waals surface area contributed by atoms with Crippen LogP contribution in [0.4, 0.5) is 0 Å². The summed E-state index contributed by atoms with van der Waals surface area (Å²) in [7, 11) is -3.49. The maximum Gasteiger partial charge on any atom is 0.221 e. The van der Waals surface area contributed by atoms with Crippen LogP contribution in [0.2, 0.25) is 0 Å². The molecule has 2 rings (SSSR count). The van der Waals surface area contributed by atoms with Crippen molar-refractivity contribution in [2.24, 2.45) is 5.73 Å². The number of hydrogen-bond acceptors (Lipinski definition) is 3. The summed E-state index contributed by atoms with van der Waals surface area (Å²) in [6.07, 6.45) is 0.652. The molecule has 106 valence electrons. The van der Waals surface area contributed by atoms with E-state index in [0.29, 0.717) is 12.0 Å². The van der Waals surface area contributed by atoms with Gasteiger partial charge in [0.2, 0.25) is 7.37 Å². The third-order valence-corrected chi connectivity index (χ3v) is 5.26. The average Bonchev–Trinajstić information content (AvgIpc) is 2.46. The van der Waals surface area contributed by atoms with Crippen molar-refractivity contribution < 1.29 is 14.6 Å². The molecule has 0 aromatic heterocycles. The average molecular weight is 291 g/mol. The summed E-state index contributed by atoms with van der Waals surface area (Å²) in [6.45, 7) is 0. The Bertz CT molecular complexity index is 598. The molecule has 0 spiro atoms. The minimum atomic E-state index is -3.49. The van der Waals surface area contributed by atoms with Crippen LogP contribution in [0.15, 0.2) is 54.6 Å². The van der Waals surface area contributed by atoms with Gasteiger partial charge in [-0.3, -0.25) is 4.57 Å². The standard InChI is InChI=1S/C15H18NO3P/c16-15(13-6-8-14(17)9-7-13)20(18,19)11-10-12-4-2-1-3-5-12/h1-9,15,17H,10-11,16H2,(H,18,19). The first-order chi connectivity index (χ1) is 9.49. The number of nitrogens with two attached hydrogens (primary N) is 1. The molecule has 0 heterocycles. The largest absolute Gasteiger partial charge is 0.508 e. The molecule has 0 amide bonds. The molecule has 0 aliphatic heterocycles. The Morgan fingerprint density at radius 2 is 1.65 bits per heavy atom. The molecule has 2 aromatic rings. The third-order valence-electron chi connectivity index (χ3n) is 3.23. The minimum Gasteiger partial charge on any atom is -0.508 e. The zero-order valence-corrected chi connectivity index (χ0v) is 11.9. The van der Waals surface area contributed by atoms with Crippen LogP contribution in [0, 0.1) is 0 Å². The molecule has 0 fully saturated rings. The monoisotopic (exact) mass is 291 g/mol. The van der Waals surface area contributed by atoms with Gasteiger partial charge >= 0.3 is 0 Å². The van der Waals surface area contributed by atoms with Crippen LogP contribution < -0.4 is 5.73 Å². The van der Waals surface area contributed by atoms with E-state index in [2.05, 4.69) is 0 Å². The lowest BCUT2D eigenvalue weighted by Gasteiger charge is -2.19. The van der Waals surface area contributed by atoms with Gasteiger partial charge in [-0.1, -0.05) is 42.5 Å². The maximum absolute atomic E-state index is 12.3. The van der Waals surface area contributed by atoms with Crippen molar-refractivity contribution in [2.75, 3.05) is 6.16 Å². The molecule has 4 nitrogen and oxygen atoms in total. The molecule has 4 N–H and O–H groups in total. The van der Waals surface area contributed by atoms with Crippen molar-refractivity contribution in [3.8, 4) is 5.75 Å². The van der Waals surface area contributed by atoms with Gasteiger partial charge in [0.15, 0.2) is 0 Å². The molecule has 2 unspecified atom stereocenters. The Kier molecular flexibility index (Phi) is 4.61. The van der Waals surface area contributed by atoms with Crippen LogP contribution >= 0.6 is 7.37 Å². The Balaban J connectivity index is 2.06. The molecule has 2 atom stereocenters. The summed E-state index contributed by atoms with van der Waals surface area (Å²) < 4.78 is 12.3. The molecular weight excluding hydrogens is 273 g/mol. The molecule has 0 saturated carbocycles. The van der Waals surface area contributed by atoms with Crippen molar-refractivity contribution in [1.29, 1.82) is 0 Å². The summed E-state index contributed by atoms with van der Waals surface area (Å²) >= 11 is 0. The quantitative estimate of drug-likeness (QED) is 0.740. The summed E-state index contributed by atoms with van der Waals surface area (Å²) in [5.41, 5.74) is 7.46. The van der Waals surface area contributed by atoms with Crippen molar-refractivity contribution in [2.45, 2.75) is 12.2 Å². The van der Waals surface area contributed by atoms with E-state index in [4.69, 9.17) is 5.73 Å². The first kappa shape index (κ1) is 14.8. The van der Waals surface area contributed by atoms with Gasteiger partial charge in [-0.2, -0.15) is 0 Å². The van der Waals surface area contributed by atoms with Gasteiger partial charge in [0.05, 0.1) is 0 Å². The predicted octanol–water partition coefficient (Wildman–Crippen LogP) is 2.86. The van der Waals surface area contributed by atoms with Crippen LogP contribution in [0.3, 0.4) is 0 Å². The Labute approximate surface area is 118 Å². The van der Waals surface area contributed by atoms with Crippen LogP contribution in [0.25, 0.3) is 0 Å². The lowest BCUT2D eigenvalue weighted by molar-refractivity contribution is 0.463. The van der Waals surface area contributed by atoms with Gasteiger partial charge in [-0.05, 0) is 29.7 Å². The zero-order chi connectivity index (χ0) is 14.6. The summed E-state index contributed by atoms with van der Waals surface area (Å²) in [5, 5.41) is 9.22. The smallest absolute Gasteiger partial charge is 0.221 e. The molecule has 2 aromatic carbocycles. The number of rotatable bonds is 5. The Hall–Kier alpha value is -1.61. The predicted molar refractivity (Wildman–Crippen MR) is 79.9 cm³/mol. The highest BCUT2D eigenvalue weighted by Gasteiger charge is 2.28. The number of hydrogen-bond donors (Lipinski definition) is 3. The van der Waals surface area contributed by atoms with Crippen molar-refractivity contribution in [3.63, 3.8) is 0 Å². The topological polar surface area (TPSA) is 83.5 Å². The van der Waals surface area contributed by atoms with Crippen LogP contribution in [-0.4, -0.2) is 16.2 Å². The zero-order valence-electron chi connectivity index (χ0n) is 11.0. The number of benzene rings is 2. The van der Waals surface area contributed by atoms with E-state index in [1.165, 1.54) is 12.1 Å². The SMILES string of the molecule is NC(c1ccc(O)cc1)P(=O)(O)CCc1ccccc1. The van der Waals surface area contributed by atoms with E-state index in [0.717, 1.165) is 5.56 Å². The highest BCUT2D eigenvalue weighted by Crippen LogP contribution is 2.52. The molecule has 0 bridgehead atoms. The number of aryl methyl sites for hydroxylation is 1. The fourth-order valence-corrected chi connectivity index (χ4v) is 3.47. The second-order valence-corrected chi connectivity index (χ2v) is 7.27. The molecule has 0 saturated heterocycles. The van der Waals surface area contributed by atoms with Gasteiger partial charge in [-0.25, -0.2) is 0 Å². The fourth-order valence-electron chi connectivity index (χ4n) is 1.98. The van der Waals surface area contributed by atoms with Crippen molar-refractivity contribution in [3.05, 3.63) is 65.7 Å². The summed E-state index contributed by atoms with van der Waals surface area (Å²) in [6, 6.07) is 15.6. The molecule has 5 heteroatoms. The molecular formula is C15H18NO3P. The molecule has 0 aliphatic rings. The number of aromatic hydroxyl groups is 1. The van der Waals surface area contributed by atoms with Gasteiger partial charge in [-0.15, -0.1) is 0 Å². The number of phenolic OH excluding ortho intramolecular Hbond substituents is 1. The third kappa shape index (κ3) is 3.70. The van der Waals surface area contributed by atoms with Crippen molar-refractivity contribution >= 4 is 7.37 Å². The van der Waals surface area contributed by atoms with Gasteiger partial charge in [0.25, 0.3) is 0 Å². The highest BCUT2D eigenvalue weighted by molar-refractivity contribution is 7.58. The molecule has 0 radical (unpaired) electrons. The van der Waals surface area contributed by atoms with E-state index >= 15 is 0 Å². The summed E-state index contributed by atoms with van der Waals surface area (Å²) in [4.78, 5) is 10.1. The fraction of sp³-hybridized carbons (Fsp3) is 0.200. The summed E-state index contributed by atoms with van der Waals surface area (Å²) in [5.74, 6) is -0.815. The minimum absolute atomic E-state index is 0.109. The lowest BCUT2D eigenvalue weighted by Crippen LogP contribution is -2.13. The van der Waals surface area contributed by atoms with Gasteiger partial charge in [0, 0.05) is 6.16 Å². The highest BCUT2D eigenvalue weighted by atomic mass is 31.2. The molecule has 20 heavy (non-hydrogen) atoms. The lowest BCUT2D eigenvalue weighted by atomic mass is 10.2. The number of phenols is 1. The van der Waals surface area contributed by atoms with E-state index in [9.17, 15) is 14.6 Å². The molecule has 0 aliphatic carbocycles. The van der Waals surface area contributed by atoms with E-state index in [1.807, 2.05) is 30.3 Å². The Morgan fingerprint density at radius 3 is 2.25 bits per heavy atom. The first-order valence-corrected chi connectivity index (χ1v) is 8.30. The van der Waals surface area contributed by atoms with Gasteiger partial charge < -0.3 is 15.7 Å². The van der Waals surface area contributed by atoms with Gasteiger partial charge in [0.1, 0.15) is 11.5 Å². The van der Waals surface area contributed by atoms with Crippen LogP contribution in [0.5, 0.6) is 5.75 Å². The Morgan fingerprint density at radius 1 is 1.05 bits per heavy atom. The van der Waals surface area contributed by atoms with E-state index in [1.54, 1.807) is 12.1 Å². The second-order valence-electron chi connectivity index (χ2n) is 4.75. The first-order valence-electron chi connectivity index (χ1n) is 6.39. The van der Waals surface area contributed by atoms with Crippen molar-refractivity contribution in [1.82, 2.24) is 0 Å². The normalized spacial score (nSPS) is 15.5. The van der Waals surface area contributed by atoms with Crippen LogP contribution in [0.1, 0.15) is 16.9 Å². The van der Waals surface area contributed by atoms with E-state index in [-0.39, 0.29) is 11.9 Å². The maximum atomic E-state index is 12.3. The van der Waals surface area contributed by atoms with Crippen LogP contribution in [-0.2, 0) is 11.0 Å².